The molecule has 1 unspecified atom stereocenters. The zero-order chi connectivity index (χ0) is 14.6. The lowest BCUT2D eigenvalue weighted by molar-refractivity contribution is 0.000553. The number of aliphatic hydroxyl groups excluding tert-OH is 1. The van der Waals surface area contributed by atoms with Gasteiger partial charge in [0.05, 0.1) is 20.3 Å². The first-order chi connectivity index (χ1) is 9.66. The van der Waals surface area contributed by atoms with E-state index in [9.17, 15) is 5.11 Å². The predicted octanol–water partition coefficient (Wildman–Crippen LogP) is 2.65. The Morgan fingerprint density at radius 1 is 1.15 bits per heavy atom. The van der Waals surface area contributed by atoms with Crippen LogP contribution in [0, 0.1) is 5.41 Å². The SMILES string of the molecule is COc1ccc(C(O)C2(CN)CCCCC2)cc1OC. The molecule has 1 atom stereocenters. The molecule has 0 radical (unpaired) electrons. The normalized spacial score (nSPS) is 19.4. The molecular formula is C16H25NO3. The lowest BCUT2D eigenvalue weighted by Gasteiger charge is -2.40. The van der Waals surface area contributed by atoms with Gasteiger partial charge in [-0.05, 0) is 30.5 Å². The zero-order valence-electron chi connectivity index (χ0n) is 12.4. The van der Waals surface area contributed by atoms with Crippen molar-refractivity contribution in [2.24, 2.45) is 11.1 Å². The highest BCUT2D eigenvalue weighted by Crippen LogP contribution is 2.46. The van der Waals surface area contributed by atoms with Crippen molar-refractivity contribution in [2.75, 3.05) is 20.8 Å². The average Bonchev–Trinajstić information content (AvgIpc) is 2.54. The van der Waals surface area contributed by atoms with Crippen LogP contribution in [-0.4, -0.2) is 25.9 Å². The van der Waals surface area contributed by atoms with Crippen LogP contribution in [0.4, 0.5) is 0 Å². The van der Waals surface area contributed by atoms with Gasteiger partial charge in [0.15, 0.2) is 11.5 Å². The predicted molar refractivity (Wildman–Crippen MR) is 79.1 cm³/mol. The highest BCUT2D eigenvalue weighted by Gasteiger charge is 2.38. The van der Waals surface area contributed by atoms with E-state index in [1.807, 2.05) is 18.2 Å². The first kappa shape index (κ1) is 15.1. The fourth-order valence-electron chi connectivity index (χ4n) is 3.22. The summed E-state index contributed by atoms with van der Waals surface area (Å²) in [5.74, 6) is 1.32. The molecule has 0 bridgehead atoms. The van der Waals surface area contributed by atoms with Crippen molar-refractivity contribution in [3.63, 3.8) is 0 Å². The first-order valence-electron chi connectivity index (χ1n) is 7.27. The summed E-state index contributed by atoms with van der Waals surface area (Å²) >= 11 is 0. The van der Waals surface area contributed by atoms with E-state index in [1.54, 1.807) is 14.2 Å². The number of benzene rings is 1. The Hall–Kier alpha value is -1.26. The summed E-state index contributed by atoms with van der Waals surface area (Å²) in [5.41, 5.74) is 6.65. The van der Waals surface area contributed by atoms with E-state index in [-0.39, 0.29) is 5.41 Å². The summed E-state index contributed by atoms with van der Waals surface area (Å²) in [7, 11) is 3.21. The van der Waals surface area contributed by atoms with E-state index in [2.05, 4.69) is 0 Å². The Balaban J connectivity index is 2.29. The Kier molecular flexibility index (Phi) is 4.89. The van der Waals surface area contributed by atoms with Crippen LogP contribution in [0.5, 0.6) is 11.5 Å². The number of methoxy groups -OCH3 is 2. The minimum Gasteiger partial charge on any atom is -0.493 e. The Morgan fingerprint density at radius 3 is 2.35 bits per heavy atom. The number of rotatable bonds is 5. The molecule has 112 valence electrons. The van der Waals surface area contributed by atoms with Gasteiger partial charge in [0, 0.05) is 12.0 Å². The molecule has 0 amide bonds. The second-order valence-electron chi connectivity index (χ2n) is 5.64. The molecule has 0 aromatic heterocycles. The molecular weight excluding hydrogens is 254 g/mol. The van der Waals surface area contributed by atoms with Gasteiger partial charge in [-0.25, -0.2) is 0 Å². The molecule has 1 fully saturated rings. The maximum Gasteiger partial charge on any atom is 0.161 e. The monoisotopic (exact) mass is 279 g/mol. The molecule has 0 saturated heterocycles. The third-order valence-corrected chi connectivity index (χ3v) is 4.56. The van der Waals surface area contributed by atoms with Crippen molar-refractivity contribution in [3.05, 3.63) is 23.8 Å². The molecule has 1 aliphatic rings. The van der Waals surface area contributed by atoms with Gasteiger partial charge in [0.2, 0.25) is 0 Å². The summed E-state index contributed by atoms with van der Waals surface area (Å²) in [4.78, 5) is 0. The van der Waals surface area contributed by atoms with Gasteiger partial charge in [-0.15, -0.1) is 0 Å². The third kappa shape index (κ3) is 2.76. The summed E-state index contributed by atoms with van der Waals surface area (Å²) in [6.07, 6.45) is 4.94. The van der Waals surface area contributed by atoms with Gasteiger partial charge in [-0.3, -0.25) is 0 Å². The quantitative estimate of drug-likeness (QED) is 0.869. The van der Waals surface area contributed by atoms with Crippen LogP contribution in [0.3, 0.4) is 0 Å². The lowest BCUT2D eigenvalue weighted by Crippen LogP contribution is -2.38. The van der Waals surface area contributed by atoms with Gasteiger partial charge >= 0.3 is 0 Å². The average molecular weight is 279 g/mol. The Morgan fingerprint density at radius 2 is 1.80 bits per heavy atom. The summed E-state index contributed by atoms with van der Waals surface area (Å²) in [6, 6.07) is 5.60. The van der Waals surface area contributed by atoms with Crippen LogP contribution in [0.2, 0.25) is 0 Å². The largest absolute Gasteiger partial charge is 0.493 e. The van der Waals surface area contributed by atoms with Crippen LogP contribution in [0.15, 0.2) is 18.2 Å². The van der Waals surface area contributed by atoms with Gasteiger partial charge in [0.25, 0.3) is 0 Å². The van der Waals surface area contributed by atoms with Crippen molar-refractivity contribution in [2.45, 2.75) is 38.2 Å². The van der Waals surface area contributed by atoms with Gasteiger partial charge in [-0.1, -0.05) is 25.3 Å². The summed E-state index contributed by atoms with van der Waals surface area (Å²) in [6.45, 7) is 0.516. The van der Waals surface area contributed by atoms with Crippen molar-refractivity contribution >= 4 is 0 Å². The number of nitrogens with two attached hydrogens (primary N) is 1. The van der Waals surface area contributed by atoms with E-state index in [0.717, 1.165) is 31.2 Å². The Bertz CT molecular complexity index is 441. The molecule has 2 rings (SSSR count). The van der Waals surface area contributed by atoms with Gasteiger partial charge < -0.3 is 20.3 Å². The number of ether oxygens (including phenoxy) is 2. The molecule has 1 saturated carbocycles. The molecule has 3 N–H and O–H groups in total. The zero-order valence-corrected chi connectivity index (χ0v) is 12.4. The minimum absolute atomic E-state index is 0.197. The fourth-order valence-corrected chi connectivity index (χ4v) is 3.22. The third-order valence-electron chi connectivity index (χ3n) is 4.56. The van der Waals surface area contributed by atoms with E-state index >= 15 is 0 Å². The number of aliphatic hydroxyl groups is 1. The molecule has 20 heavy (non-hydrogen) atoms. The van der Waals surface area contributed by atoms with Crippen molar-refractivity contribution in [3.8, 4) is 11.5 Å². The summed E-state index contributed by atoms with van der Waals surface area (Å²) < 4.78 is 10.6. The second-order valence-corrected chi connectivity index (χ2v) is 5.64. The van der Waals surface area contributed by atoms with Crippen molar-refractivity contribution in [1.29, 1.82) is 0 Å². The van der Waals surface area contributed by atoms with Crippen molar-refractivity contribution in [1.82, 2.24) is 0 Å². The maximum atomic E-state index is 10.8. The second kappa shape index (κ2) is 6.46. The molecule has 0 aliphatic heterocycles. The minimum atomic E-state index is -0.549. The molecule has 1 aromatic rings. The van der Waals surface area contributed by atoms with E-state index in [4.69, 9.17) is 15.2 Å². The Labute approximate surface area is 120 Å². The topological polar surface area (TPSA) is 64.7 Å². The molecule has 0 heterocycles. The lowest BCUT2D eigenvalue weighted by atomic mass is 9.68. The summed E-state index contributed by atoms with van der Waals surface area (Å²) in [5, 5.41) is 10.8. The first-order valence-corrected chi connectivity index (χ1v) is 7.27. The maximum absolute atomic E-state index is 10.8. The highest BCUT2D eigenvalue weighted by atomic mass is 16.5. The van der Waals surface area contributed by atoms with Crippen LogP contribution in [-0.2, 0) is 0 Å². The molecule has 0 spiro atoms. The van der Waals surface area contributed by atoms with Gasteiger partial charge in [0.1, 0.15) is 0 Å². The smallest absolute Gasteiger partial charge is 0.161 e. The number of hydrogen-bond donors (Lipinski definition) is 2. The molecule has 1 aromatic carbocycles. The van der Waals surface area contributed by atoms with E-state index in [1.165, 1.54) is 6.42 Å². The number of hydrogen-bond acceptors (Lipinski definition) is 4. The molecule has 4 heteroatoms. The van der Waals surface area contributed by atoms with Crippen molar-refractivity contribution < 1.29 is 14.6 Å². The molecule has 1 aliphatic carbocycles. The van der Waals surface area contributed by atoms with E-state index < -0.39 is 6.10 Å². The van der Waals surface area contributed by atoms with Crippen LogP contribution in [0.25, 0.3) is 0 Å². The fraction of sp³-hybridized carbons (Fsp3) is 0.625. The highest BCUT2D eigenvalue weighted by molar-refractivity contribution is 5.43. The van der Waals surface area contributed by atoms with Crippen LogP contribution < -0.4 is 15.2 Å². The van der Waals surface area contributed by atoms with Crippen LogP contribution >= 0.6 is 0 Å². The van der Waals surface area contributed by atoms with E-state index in [0.29, 0.717) is 18.0 Å². The molecule has 4 nitrogen and oxygen atoms in total. The standard InChI is InChI=1S/C16H25NO3/c1-19-13-7-6-12(10-14(13)20-2)15(18)16(11-17)8-4-3-5-9-16/h6-7,10,15,18H,3-5,8-9,11,17H2,1-2H3. The van der Waals surface area contributed by atoms with Gasteiger partial charge in [-0.2, -0.15) is 0 Å². The van der Waals surface area contributed by atoms with Crippen LogP contribution in [0.1, 0.15) is 43.8 Å².